The molecule has 0 fully saturated rings. The number of hydrogen-bond donors (Lipinski definition) is 3. The summed E-state index contributed by atoms with van der Waals surface area (Å²) in [6.45, 7) is 1.70. The van der Waals surface area contributed by atoms with Gasteiger partial charge in [0.25, 0.3) is 0 Å². The number of carbonyl (C=O) groups excluding carboxylic acids is 2. The lowest BCUT2D eigenvalue weighted by atomic mass is 9.89. The fourth-order valence-corrected chi connectivity index (χ4v) is 2.43. The molecule has 22 heavy (non-hydrogen) atoms. The minimum Gasteiger partial charge on any atom is -0.481 e. The Kier molecular flexibility index (Phi) is 4.75. The largest absolute Gasteiger partial charge is 0.481 e. The Morgan fingerprint density at radius 2 is 2.23 bits per heavy atom. The molecular formula is C15H17FN2O4. The van der Waals surface area contributed by atoms with E-state index in [-0.39, 0.29) is 30.7 Å². The van der Waals surface area contributed by atoms with Gasteiger partial charge in [-0.25, -0.2) is 4.39 Å². The van der Waals surface area contributed by atoms with Crippen LogP contribution >= 0.6 is 0 Å². The Balaban J connectivity index is 2.10. The van der Waals surface area contributed by atoms with E-state index < -0.39 is 17.7 Å². The zero-order chi connectivity index (χ0) is 16.3. The normalized spacial score (nSPS) is 18.1. The molecule has 2 amide bonds. The molecule has 1 aromatic carbocycles. The van der Waals surface area contributed by atoms with Crippen LogP contribution in [0.2, 0.25) is 0 Å². The maximum Gasteiger partial charge on any atom is 0.303 e. The van der Waals surface area contributed by atoms with E-state index in [0.29, 0.717) is 17.7 Å². The smallest absolute Gasteiger partial charge is 0.303 e. The first-order chi connectivity index (χ1) is 10.4. The molecule has 7 heteroatoms. The van der Waals surface area contributed by atoms with Crippen LogP contribution < -0.4 is 10.6 Å². The van der Waals surface area contributed by atoms with Crippen LogP contribution in [0.1, 0.15) is 37.7 Å². The number of anilines is 1. The van der Waals surface area contributed by atoms with E-state index in [1.54, 1.807) is 6.92 Å². The number of nitrogens with one attached hydrogen (secondary N) is 2. The molecule has 0 saturated carbocycles. The molecule has 0 saturated heterocycles. The van der Waals surface area contributed by atoms with Crippen molar-refractivity contribution >= 4 is 23.5 Å². The lowest BCUT2D eigenvalue weighted by molar-refractivity contribution is -0.137. The summed E-state index contributed by atoms with van der Waals surface area (Å²) in [7, 11) is 0. The van der Waals surface area contributed by atoms with Crippen LogP contribution in [0.3, 0.4) is 0 Å². The number of amides is 2. The van der Waals surface area contributed by atoms with E-state index in [0.717, 1.165) is 0 Å². The third-order valence-electron chi connectivity index (χ3n) is 3.55. The van der Waals surface area contributed by atoms with Crippen LogP contribution in [-0.4, -0.2) is 28.9 Å². The Morgan fingerprint density at radius 1 is 1.50 bits per heavy atom. The molecule has 0 aromatic heterocycles. The summed E-state index contributed by atoms with van der Waals surface area (Å²) in [5.74, 6) is -2.83. The minimum atomic E-state index is -0.932. The molecular weight excluding hydrogens is 291 g/mol. The summed E-state index contributed by atoms with van der Waals surface area (Å²) in [4.78, 5) is 34.5. The lowest BCUT2D eigenvalue weighted by Gasteiger charge is -2.26. The number of fused-ring (bicyclic) bond motifs is 1. The fourth-order valence-electron chi connectivity index (χ4n) is 2.43. The summed E-state index contributed by atoms with van der Waals surface area (Å²) >= 11 is 0. The lowest BCUT2D eigenvalue weighted by Crippen LogP contribution is -2.39. The highest BCUT2D eigenvalue weighted by Crippen LogP contribution is 2.32. The van der Waals surface area contributed by atoms with Crippen molar-refractivity contribution in [3.05, 3.63) is 29.6 Å². The second kappa shape index (κ2) is 6.55. The predicted molar refractivity (Wildman–Crippen MR) is 76.9 cm³/mol. The summed E-state index contributed by atoms with van der Waals surface area (Å²) in [6, 6.07) is 3.58. The number of aliphatic carboxylic acids is 1. The third kappa shape index (κ3) is 3.81. The molecule has 2 atom stereocenters. The minimum absolute atomic E-state index is 0.0177. The first-order valence-electron chi connectivity index (χ1n) is 6.98. The summed E-state index contributed by atoms with van der Waals surface area (Å²) in [5, 5.41) is 13.9. The molecule has 1 aliphatic heterocycles. The number of rotatable bonds is 5. The molecule has 1 aliphatic rings. The van der Waals surface area contributed by atoms with Crippen LogP contribution in [0.25, 0.3) is 0 Å². The van der Waals surface area contributed by atoms with Crippen molar-refractivity contribution in [3.8, 4) is 0 Å². The number of hydrogen-bond acceptors (Lipinski definition) is 3. The zero-order valence-corrected chi connectivity index (χ0v) is 12.1. The second-order valence-corrected chi connectivity index (χ2v) is 5.38. The Labute approximate surface area is 126 Å². The van der Waals surface area contributed by atoms with Gasteiger partial charge in [0.05, 0.1) is 5.92 Å². The molecule has 3 N–H and O–H groups in total. The maximum atomic E-state index is 13.2. The molecule has 118 valence electrons. The number of halogens is 1. The molecule has 0 aliphatic carbocycles. The van der Waals surface area contributed by atoms with E-state index in [2.05, 4.69) is 10.6 Å². The molecule has 2 rings (SSSR count). The van der Waals surface area contributed by atoms with Crippen molar-refractivity contribution in [2.75, 3.05) is 5.32 Å². The molecule has 0 bridgehead atoms. The van der Waals surface area contributed by atoms with E-state index in [4.69, 9.17) is 5.11 Å². The van der Waals surface area contributed by atoms with Crippen molar-refractivity contribution < 1.29 is 23.9 Å². The topological polar surface area (TPSA) is 95.5 Å². The standard InChI is InChI=1S/C15H17FN2O4/c1-8(2-5-14(20)21)17-15(22)11-7-13(19)18-12-6-9(16)3-4-10(11)12/h3-4,6,8,11H,2,5,7H2,1H3,(H,17,22)(H,18,19)(H,20,21). The SMILES string of the molecule is CC(CCC(=O)O)NC(=O)C1CC(=O)Nc2cc(F)ccc21. The number of benzene rings is 1. The van der Waals surface area contributed by atoms with Gasteiger partial charge in [0, 0.05) is 24.6 Å². The highest BCUT2D eigenvalue weighted by Gasteiger charge is 2.31. The number of carboxylic acid groups (broad SMARTS) is 1. The van der Waals surface area contributed by atoms with Crippen molar-refractivity contribution in [2.24, 2.45) is 0 Å². The Morgan fingerprint density at radius 3 is 2.91 bits per heavy atom. The van der Waals surface area contributed by atoms with Crippen molar-refractivity contribution in [2.45, 2.75) is 38.1 Å². The van der Waals surface area contributed by atoms with Crippen molar-refractivity contribution in [3.63, 3.8) is 0 Å². The van der Waals surface area contributed by atoms with Crippen LogP contribution in [0.5, 0.6) is 0 Å². The van der Waals surface area contributed by atoms with Gasteiger partial charge >= 0.3 is 5.97 Å². The van der Waals surface area contributed by atoms with E-state index >= 15 is 0 Å². The predicted octanol–water partition coefficient (Wildman–Crippen LogP) is 1.62. The number of carboxylic acids is 1. The van der Waals surface area contributed by atoms with Gasteiger partial charge in [0.15, 0.2) is 0 Å². The molecule has 0 spiro atoms. The van der Waals surface area contributed by atoms with E-state index in [1.165, 1.54) is 18.2 Å². The van der Waals surface area contributed by atoms with Gasteiger partial charge in [-0.2, -0.15) is 0 Å². The van der Waals surface area contributed by atoms with Crippen LogP contribution in [0, 0.1) is 5.82 Å². The fraction of sp³-hybridized carbons (Fsp3) is 0.400. The summed E-state index contributed by atoms with van der Waals surface area (Å²) < 4.78 is 13.2. The second-order valence-electron chi connectivity index (χ2n) is 5.38. The third-order valence-corrected chi connectivity index (χ3v) is 3.55. The van der Waals surface area contributed by atoms with Crippen LogP contribution in [0.15, 0.2) is 18.2 Å². The zero-order valence-electron chi connectivity index (χ0n) is 12.1. The average Bonchev–Trinajstić information content (AvgIpc) is 2.43. The van der Waals surface area contributed by atoms with Crippen LogP contribution in [-0.2, 0) is 14.4 Å². The Bertz CT molecular complexity index is 618. The maximum absolute atomic E-state index is 13.2. The molecule has 0 radical (unpaired) electrons. The molecule has 2 unspecified atom stereocenters. The number of carbonyl (C=O) groups is 3. The van der Waals surface area contributed by atoms with E-state index in [9.17, 15) is 18.8 Å². The quantitative estimate of drug-likeness (QED) is 0.770. The van der Waals surface area contributed by atoms with Gasteiger partial charge in [-0.1, -0.05) is 6.07 Å². The van der Waals surface area contributed by atoms with Gasteiger partial charge in [0.1, 0.15) is 5.82 Å². The average molecular weight is 308 g/mol. The highest BCUT2D eigenvalue weighted by atomic mass is 19.1. The van der Waals surface area contributed by atoms with Crippen molar-refractivity contribution in [1.29, 1.82) is 0 Å². The monoisotopic (exact) mass is 308 g/mol. The van der Waals surface area contributed by atoms with E-state index in [1.807, 2.05) is 0 Å². The highest BCUT2D eigenvalue weighted by molar-refractivity contribution is 6.01. The van der Waals surface area contributed by atoms with Crippen LogP contribution in [0.4, 0.5) is 10.1 Å². The Hall–Kier alpha value is -2.44. The van der Waals surface area contributed by atoms with Gasteiger partial charge < -0.3 is 15.7 Å². The molecule has 1 heterocycles. The van der Waals surface area contributed by atoms with Gasteiger partial charge in [-0.15, -0.1) is 0 Å². The molecule has 6 nitrogen and oxygen atoms in total. The van der Waals surface area contributed by atoms with Gasteiger partial charge in [-0.05, 0) is 31.0 Å². The summed E-state index contributed by atoms with van der Waals surface area (Å²) in [6.07, 6.45) is 0.237. The first-order valence-corrected chi connectivity index (χ1v) is 6.98. The van der Waals surface area contributed by atoms with Crippen molar-refractivity contribution in [1.82, 2.24) is 5.32 Å². The van der Waals surface area contributed by atoms with Gasteiger partial charge in [-0.3, -0.25) is 14.4 Å². The van der Waals surface area contributed by atoms with Gasteiger partial charge in [0.2, 0.25) is 11.8 Å². The summed E-state index contributed by atoms with van der Waals surface area (Å²) in [5.41, 5.74) is 0.860. The first kappa shape index (κ1) is 15.9. The molecule has 1 aromatic rings.